The molecular weight excluding hydrogens is 522 g/mol. The number of aliphatic carboxylic acids is 1. The molecule has 41 heavy (non-hydrogen) atoms. The summed E-state index contributed by atoms with van der Waals surface area (Å²) in [6.07, 6.45) is 1.42. The Morgan fingerprint density at radius 1 is 0.854 bits per heavy atom. The second kappa shape index (κ2) is 10.3. The summed E-state index contributed by atoms with van der Waals surface area (Å²) in [5, 5.41) is 20.0. The van der Waals surface area contributed by atoms with E-state index in [9.17, 15) is 29.4 Å². The Bertz CT molecular complexity index is 1460. The maximum atomic E-state index is 13.8. The molecule has 8 nitrogen and oxygen atoms in total. The van der Waals surface area contributed by atoms with Crippen LogP contribution in [0.15, 0.2) is 71.1 Å². The summed E-state index contributed by atoms with van der Waals surface area (Å²) in [6.45, 7) is 7.73. The average molecular weight is 558 g/mol. The number of ether oxygens (including phenoxy) is 1. The Morgan fingerprint density at radius 3 is 1.93 bits per heavy atom. The van der Waals surface area contributed by atoms with E-state index >= 15 is 0 Å². The summed E-state index contributed by atoms with van der Waals surface area (Å²) in [6, 6.07) is 14.2. The maximum Gasteiger partial charge on any atom is 0.339 e. The van der Waals surface area contributed by atoms with Crippen LogP contribution >= 0.6 is 0 Å². The predicted octanol–water partition coefficient (Wildman–Crippen LogP) is 5.73. The molecule has 3 aliphatic rings. The molecule has 8 heteroatoms. The molecule has 2 aliphatic carbocycles. The van der Waals surface area contributed by atoms with Gasteiger partial charge in [-0.2, -0.15) is 0 Å². The second-order valence-electron chi connectivity index (χ2n) is 12.9. The van der Waals surface area contributed by atoms with Gasteiger partial charge in [0.15, 0.2) is 11.6 Å². The number of allylic oxidation sites excluding steroid dienone is 4. The van der Waals surface area contributed by atoms with E-state index < -0.39 is 28.7 Å². The van der Waals surface area contributed by atoms with Crippen LogP contribution in [0.1, 0.15) is 80.8 Å². The van der Waals surface area contributed by atoms with E-state index in [1.54, 1.807) is 17.0 Å². The SMILES string of the molecule is CC1(C)CC(=O)C2=C(C1)N(CC(=O)O)C1=C(C(=O)CC(C)(C)C1)C2c1ccc(OCc2ccccc2)c(C(=O)O)c1. The van der Waals surface area contributed by atoms with Gasteiger partial charge in [-0.3, -0.25) is 14.4 Å². The van der Waals surface area contributed by atoms with Crippen molar-refractivity contribution in [2.24, 2.45) is 10.8 Å². The zero-order valence-electron chi connectivity index (χ0n) is 23.8. The molecule has 1 heterocycles. The van der Waals surface area contributed by atoms with Gasteiger partial charge in [-0.15, -0.1) is 0 Å². The second-order valence-corrected chi connectivity index (χ2v) is 12.9. The molecule has 1 aliphatic heterocycles. The van der Waals surface area contributed by atoms with E-state index in [1.165, 1.54) is 6.07 Å². The molecule has 0 amide bonds. The number of carbonyl (C=O) groups excluding carboxylic acids is 2. The van der Waals surface area contributed by atoms with Crippen LogP contribution in [0.4, 0.5) is 0 Å². The summed E-state index contributed by atoms with van der Waals surface area (Å²) in [5.74, 6) is -3.14. The first kappa shape index (κ1) is 28.3. The minimum atomic E-state index is -1.19. The standard InChI is InChI=1S/C33H35NO7/c1-32(2)13-22-29(24(35)15-32)28(30-23(34(22)17-27(37)38)14-33(3,4)16-25(30)36)20-10-11-26(21(12-20)31(39)40)41-18-19-8-6-5-7-9-19/h5-12,28H,13-18H2,1-4H3,(H,37,38)(H,39,40). The van der Waals surface area contributed by atoms with Gasteiger partial charge in [0.1, 0.15) is 24.5 Å². The highest BCUT2D eigenvalue weighted by atomic mass is 16.5. The third-order valence-electron chi connectivity index (χ3n) is 8.12. The zero-order chi connectivity index (χ0) is 29.7. The van der Waals surface area contributed by atoms with E-state index in [-0.39, 0.29) is 48.9 Å². The molecule has 2 aromatic rings. The van der Waals surface area contributed by atoms with E-state index in [4.69, 9.17) is 4.74 Å². The number of Topliss-reactive ketones (excluding diaryl/α,β-unsaturated/α-hetero) is 2. The average Bonchev–Trinajstić information content (AvgIpc) is 2.87. The van der Waals surface area contributed by atoms with Crippen LogP contribution in [0.2, 0.25) is 0 Å². The minimum absolute atomic E-state index is 0.0668. The van der Waals surface area contributed by atoms with Gasteiger partial charge in [0.25, 0.3) is 0 Å². The molecule has 5 rings (SSSR count). The number of carboxylic acid groups (broad SMARTS) is 2. The molecule has 0 radical (unpaired) electrons. The van der Waals surface area contributed by atoms with Crippen molar-refractivity contribution in [1.29, 1.82) is 0 Å². The Labute approximate surface area is 239 Å². The monoisotopic (exact) mass is 557 g/mol. The van der Waals surface area contributed by atoms with Crippen molar-refractivity contribution in [2.45, 2.75) is 65.9 Å². The molecule has 0 fully saturated rings. The molecule has 0 saturated heterocycles. The normalized spacial score (nSPS) is 20.0. The van der Waals surface area contributed by atoms with Gasteiger partial charge in [-0.25, -0.2) is 4.79 Å². The van der Waals surface area contributed by atoms with E-state index in [0.29, 0.717) is 40.9 Å². The molecule has 0 unspecified atom stereocenters. The van der Waals surface area contributed by atoms with Crippen LogP contribution in [0.25, 0.3) is 0 Å². The molecule has 0 saturated carbocycles. The van der Waals surface area contributed by atoms with Crippen LogP contribution in [-0.4, -0.2) is 45.2 Å². The highest BCUT2D eigenvalue weighted by Crippen LogP contribution is 2.54. The predicted molar refractivity (Wildman–Crippen MR) is 151 cm³/mol. The van der Waals surface area contributed by atoms with Crippen molar-refractivity contribution in [3.8, 4) is 5.75 Å². The number of benzene rings is 2. The highest BCUT2D eigenvalue weighted by molar-refractivity contribution is 6.07. The molecule has 0 aromatic heterocycles. The van der Waals surface area contributed by atoms with Crippen molar-refractivity contribution >= 4 is 23.5 Å². The van der Waals surface area contributed by atoms with Crippen LogP contribution in [0.5, 0.6) is 5.75 Å². The van der Waals surface area contributed by atoms with Gasteiger partial charge >= 0.3 is 11.9 Å². The van der Waals surface area contributed by atoms with Gasteiger partial charge < -0.3 is 19.8 Å². The quantitative estimate of drug-likeness (QED) is 0.443. The van der Waals surface area contributed by atoms with Gasteiger partial charge in [-0.05, 0) is 46.9 Å². The third-order valence-corrected chi connectivity index (χ3v) is 8.12. The van der Waals surface area contributed by atoms with Gasteiger partial charge in [0.05, 0.1) is 0 Å². The fourth-order valence-corrected chi connectivity index (χ4v) is 6.46. The molecular formula is C33H35NO7. The van der Waals surface area contributed by atoms with Crippen molar-refractivity contribution < 1.29 is 34.1 Å². The first-order valence-electron chi connectivity index (χ1n) is 13.8. The highest BCUT2D eigenvalue weighted by Gasteiger charge is 2.49. The Morgan fingerprint density at radius 2 is 1.41 bits per heavy atom. The lowest BCUT2D eigenvalue weighted by atomic mass is 9.63. The van der Waals surface area contributed by atoms with Gasteiger partial charge in [0, 0.05) is 41.3 Å². The number of ketones is 2. The minimum Gasteiger partial charge on any atom is -0.488 e. The topological polar surface area (TPSA) is 121 Å². The smallest absolute Gasteiger partial charge is 0.339 e. The number of hydrogen-bond donors (Lipinski definition) is 2. The number of aromatic carboxylic acids is 1. The molecule has 214 valence electrons. The number of nitrogens with zero attached hydrogens (tertiary/aromatic N) is 1. The summed E-state index contributed by atoms with van der Waals surface area (Å²) in [7, 11) is 0. The molecule has 2 aromatic carbocycles. The van der Waals surface area contributed by atoms with E-state index in [0.717, 1.165) is 5.56 Å². The zero-order valence-corrected chi connectivity index (χ0v) is 23.8. The van der Waals surface area contributed by atoms with Crippen LogP contribution < -0.4 is 4.74 Å². The molecule has 2 N–H and O–H groups in total. The van der Waals surface area contributed by atoms with Crippen LogP contribution in [-0.2, 0) is 21.0 Å². The Kier molecular flexibility index (Phi) is 7.14. The Balaban J connectivity index is 1.67. The summed E-state index contributed by atoms with van der Waals surface area (Å²) in [5.41, 5.74) is 2.55. The largest absolute Gasteiger partial charge is 0.488 e. The number of hydrogen-bond acceptors (Lipinski definition) is 6. The lowest BCUT2D eigenvalue weighted by molar-refractivity contribution is -0.138. The lowest BCUT2D eigenvalue weighted by Gasteiger charge is -2.48. The number of rotatable bonds is 7. The lowest BCUT2D eigenvalue weighted by Crippen LogP contribution is -2.45. The summed E-state index contributed by atoms with van der Waals surface area (Å²) >= 11 is 0. The fraction of sp³-hybridized carbons (Fsp3) is 0.394. The van der Waals surface area contributed by atoms with E-state index in [2.05, 4.69) is 0 Å². The van der Waals surface area contributed by atoms with Gasteiger partial charge in [0.2, 0.25) is 0 Å². The van der Waals surface area contributed by atoms with Crippen LogP contribution in [0.3, 0.4) is 0 Å². The van der Waals surface area contributed by atoms with Crippen molar-refractivity contribution in [3.05, 3.63) is 87.8 Å². The molecule has 0 atom stereocenters. The fourth-order valence-electron chi connectivity index (χ4n) is 6.46. The van der Waals surface area contributed by atoms with Crippen molar-refractivity contribution in [3.63, 3.8) is 0 Å². The maximum absolute atomic E-state index is 13.8. The number of carbonyl (C=O) groups is 4. The van der Waals surface area contributed by atoms with Crippen molar-refractivity contribution in [1.82, 2.24) is 4.90 Å². The number of carboxylic acids is 2. The third kappa shape index (κ3) is 5.56. The van der Waals surface area contributed by atoms with E-state index in [1.807, 2.05) is 58.0 Å². The summed E-state index contributed by atoms with van der Waals surface area (Å²) < 4.78 is 5.89. The Hall–Kier alpha value is -4.20. The molecule has 0 bridgehead atoms. The first-order chi connectivity index (χ1) is 19.3. The van der Waals surface area contributed by atoms with Crippen LogP contribution in [0, 0.1) is 10.8 Å². The molecule has 0 spiro atoms. The summed E-state index contributed by atoms with van der Waals surface area (Å²) in [4.78, 5) is 53.7. The van der Waals surface area contributed by atoms with Gasteiger partial charge in [-0.1, -0.05) is 64.1 Å². The van der Waals surface area contributed by atoms with Crippen molar-refractivity contribution in [2.75, 3.05) is 6.54 Å². The first-order valence-corrected chi connectivity index (χ1v) is 13.8.